The second kappa shape index (κ2) is 5.16. The Balaban J connectivity index is 1.96. The van der Waals surface area contributed by atoms with Crippen molar-refractivity contribution in [3.63, 3.8) is 0 Å². The third kappa shape index (κ3) is 3.02. The van der Waals surface area contributed by atoms with Crippen molar-refractivity contribution in [2.24, 2.45) is 5.41 Å². The van der Waals surface area contributed by atoms with Crippen LogP contribution >= 0.6 is 11.5 Å². The molecule has 1 N–H and O–H groups in total. The second-order valence-corrected chi connectivity index (χ2v) is 7.34. The maximum atomic E-state index is 4.60. The Bertz CT molecular complexity index is 386. The highest BCUT2D eigenvalue weighted by molar-refractivity contribution is 7.09. The molecule has 1 fully saturated rings. The smallest absolute Gasteiger partial charge is 0.202 e. The van der Waals surface area contributed by atoms with Crippen LogP contribution in [0.5, 0.6) is 0 Å². The summed E-state index contributed by atoms with van der Waals surface area (Å²) in [4.78, 5) is 4.60. The lowest BCUT2D eigenvalue weighted by atomic mass is 9.83. The third-order valence-electron chi connectivity index (χ3n) is 4.13. The van der Waals surface area contributed by atoms with E-state index in [2.05, 4.69) is 42.4 Å². The number of aromatic nitrogens is 2. The van der Waals surface area contributed by atoms with Crippen molar-refractivity contribution in [3.8, 4) is 0 Å². The van der Waals surface area contributed by atoms with Gasteiger partial charge in [0.2, 0.25) is 5.13 Å². The summed E-state index contributed by atoms with van der Waals surface area (Å²) in [7, 11) is 0. The number of rotatable bonds is 4. The average molecular weight is 267 g/mol. The molecule has 1 aromatic rings. The van der Waals surface area contributed by atoms with Gasteiger partial charge in [-0.05, 0) is 24.7 Å². The van der Waals surface area contributed by atoms with Gasteiger partial charge in [-0.15, -0.1) is 0 Å². The Morgan fingerprint density at radius 3 is 2.44 bits per heavy atom. The van der Waals surface area contributed by atoms with Crippen molar-refractivity contribution in [2.45, 2.75) is 65.2 Å². The van der Waals surface area contributed by atoms with E-state index in [0.717, 1.165) is 17.5 Å². The molecular weight excluding hydrogens is 242 g/mol. The van der Waals surface area contributed by atoms with Crippen molar-refractivity contribution < 1.29 is 0 Å². The van der Waals surface area contributed by atoms with Crippen LogP contribution in [0.4, 0.5) is 5.13 Å². The number of hydrogen-bond donors (Lipinski definition) is 1. The lowest BCUT2D eigenvalue weighted by molar-refractivity contribution is 0.307. The fraction of sp³-hybridized carbons (Fsp3) is 0.857. The van der Waals surface area contributed by atoms with Crippen LogP contribution in [0.25, 0.3) is 0 Å². The highest BCUT2D eigenvalue weighted by atomic mass is 32.1. The first-order chi connectivity index (χ1) is 8.45. The van der Waals surface area contributed by atoms with E-state index < -0.39 is 0 Å². The lowest BCUT2D eigenvalue weighted by Crippen LogP contribution is -2.25. The minimum atomic E-state index is 0.0478. The van der Waals surface area contributed by atoms with Gasteiger partial charge in [-0.1, -0.05) is 40.5 Å². The number of nitrogens with one attached hydrogen (secondary N) is 1. The van der Waals surface area contributed by atoms with Gasteiger partial charge in [-0.2, -0.15) is 4.37 Å². The Labute approximate surface area is 115 Å². The van der Waals surface area contributed by atoms with Crippen LogP contribution in [0.1, 0.15) is 65.6 Å². The molecule has 3 nitrogen and oxygen atoms in total. The van der Waals surface area contributed by atoms with Crippen LogP contribution in [0, 0.1) is 5.41 Å². The fourth-order valence-corrected chi connectivity index (χ4v) is 3.39. The molecule has 0 amide bonds. The van der Waals surface area contributed by atoms with E-state index in [1.165, 1.54) is 43.6 Å². The Hall–Kier alpha value is -0.640. The molecule has 4 heteroatoms. The normalized spacial score (nSPS) is 19.1. The summed E-state index contributed by atoms with van der Waals surface area (Å²) in [6.45, 7) is 9.84. The summed E-state index contributed by atoms with van der Waals surface area (Å²) in [5.74, 6) is 0.951. The molecule has 0 unspecified atom stereocenters. The third-order valence-corrected chi connectivity index (χ3v) is 4.80. The summed E-state index contributed by atoms with van der Waals surface area (Å²) in [5, 5.41) is 4.50. The van der Waals surface area contributed by atoms with Crippen molar-refractivity contribution in [1.82, 2.24) is 9.36 Å². The second-order valence-electron chi connectivity index (χ2n) is 6.59. The van der Waals surface area contributed by atoms with Crippen LogP contribution in [0.3, 0.4) is 0 Å². The van der Waals surface area contributed by atoms with E-state index >= 15 is 0 Å². The van der Waals surface area contributed by atoms with Crippen molar-refractivity contribution >= 4 is 16.7 Å². The Morgan fingerprint density at radius 2 is 1.94 bits per heavy atom. The molecular formula is C14H25N3S. The first-order valence-corrected chi connectivity index (χ1v) is 7.81. The van der Waals surface area contributed by atoms with E-state index in [9.17, 15) is 0 Å². The van der Waals surface area contributed by atoms with Gasteiger partial charge in [0.1, 0.15) is 5.82 Å². The maximum Gasteiger partial charge on any atom is 0.202 e. The first kappa shape index (κ1) is 13.8. The number of nitrogens with zero attached hydrogens (tertiary/aromatic N) is 2. The SMILES string of the molecule is CCC1(CNc2nc(C(C)(C)C)ns2)CCCC1. The van der Waals surface area contributed by atoms with Crippen LogP contribution in [0.2, 0.25) is 0 Å². The monoisotopic (exact) mass is 267 g/mol. The van der Waals surface area contributed by atoms with E-state index in [4.69, 9.17) is 0 Å². The van der Waals surface area contributed by atoms with Crippen molar-refractivity contribution in [2.75, 3.05) is 11.9 Å². The van der Waals surface area contributed by atoms with Crippen LogP contribution in [-0.2, 0) is 5.41 Å². The lowest BCUT2D eigenvalue weighted by Gasteiger charge is -2.27. The average Bonchev–Trinajstić information content (AvgIpc) is 2.96. The Morgan fingerprint density at radius 1 is 1.28 bits per heavy atom. The molecule has 18 heavy (non-hydrogen) atoms. The summed E-state index contributed by atoms with van der Waals surface area (Å²) < 4.78 is 4.45. The van der Waals surface area contributed by atoms with Gasteiger partial charge in [-0.25, -0.2) is 4.98 Å². The van der Waals surface area contributed by atoms with Gasteiger partial charge >= 0.3 is 0 Å². The van der Waals surface area contributed by atoms with E-state index in [0.29, 0.717) is 5.41 Å². The minimum absolute atomic E-state index is 0.0478. The van der Waals surface area contributed by atoms with Gasteiger partial charge in [0.25, 0.3) is 0 Å². The molecule has 1 aliphatic carbocycles. The van der Waals surface area contributed by atoms with E-state index in [1.54, 1.807) is 0 Å². The fourth-order valence-electron chi connectivity index (χ4n) is 2.64. The molecule has 0 bridgehead atoms. The molecule has 0 saturated heterocycles. The molecule has 1 heterocycles. The molecule has 2 rings (SSSR count). The summed E-state index contributed by atoms with van der Waals surface area (Å²) in [6, 6.07) is 0. The predicted molar refractivity (Wildman–Crippen MR) is 78.3 cm³/mol. The molecule has 0 aliphatic heterocycles. The van der Waals surface area contributed by atoms with Gasteiger partial charge < -0.3 is 5.32 Å². The molecule has 1 saturated carbocycles. The Kier molecular flexibility index (Phi) is 3.95. The largest absolute Gasteiger partial charge is 0.360 e. The van der Waals surface area contributed by atoms with Crippen LogP contribution in [-0.4, -0.2) is 15.9 Å². The summed E-state index contributed by atoms with van der Waals surface area (Å²) >= 11 is 1.50. The molecule has 0 radical (unpaired) electrons. The predicted octanol–water partition coefficient (Wildman–Crippen LogP) is 4.22. The zero-order valence-electron chi connectivity index (χ0n) is 12.0. The first-order valence-electron chi connectivity index (χ1n) is 7.03. The highest BCUT2D eigenvalue weighted by Gasteiger charge is 2.32. The van der Waals surface area contributed by atoms with Crippen LogP contribution < -0.4 is 5.32 Å². The zero-order chi connectivity index (χ0) is 13.2. The zero-order valence-corrected chi connectivity index (χ0v) is 12.9. The van der Waals surface area contributed by atoms with E-state index in [1.807, 2.05) is 0 Å². The summed E-state index contributed by atoms with van der Waals surface area (Å²) in [6.07, 6.45) is 6.77. The summed E-state index contributed by atoms with van der Waals surface area (Å²) in [5.41, 5.74) is 0.555. The number of hydrogen-bond acceptors (Lipinski definition) is 4. The minimum Gasteiger partial charge on any atom is -0.360 e. The van der Waals surface area contributed by atoms with Crippen molar-refractivity contribution in [3.05, 3.63) is 5.82 Å². The van der Waals surface area contributed by atoms with Gasteiger partial charge in [0, 0.05) is 23.5 Å². The molecule has 0 aromatic carbocycles. The number of anilines is 1. The van der Waals surface area contributed by atoms with Gasteiger partial charge in [0.15, 0.2) is 0 Å². The van der Waals surface area contributed by atoms with E-state index in [-0.39, 0.29) is 5.41 Å². The highest BCUT2D eigenvalue weighted by Crippen LogP contribution is 2.41. The van der Waals surface area contributed by atoms with Gasteiger partial charge in [0.05, 0.1) is 0 Å². The molecule has 102 valence electrons. The molecule has 0 spiro atoms. The van der Waals surface area contributed by atoms with Crippen LogP contribution in [0.15, 0.2) is 0 Å². The standard InChI is InChI=1S/C14H25N3S/c1-5-14(8-6-7-9-14)10-15-12-16-11(17-18-12)13(2,3)4/h5-10H2,1-4H3,(H,15,16,17). The maximum absolute atomic E-state index is 4.60. The topological polar surface area (TPSA) is 37.8 Å². The van der Waals surface area contributed by atoms with Crippen molar-refractivity contribution in [1.29, 1.82) is 0 Å². The molecule has 1 aliphatic rings. The van der Waals surface area contributed by atoms with Gasteiger partial charge in [-0.3, -0.25) is 0 Å². The molecule has 1 aromatic heterocycles. The quantitative estimate of drug-likeness (QED) is 0.887. The molecule has 0 atom stereocenters.